The lowest BCUT2D eigenvalue weighted by Crippen LogP contribution is -2.03. The quantitative estimate of drug-likeness (QED) is 0.555. The molecule has 3 N–H and O–H groups in total. The Morgan fingerprint density at radius 2 is 1.88 bits per heavy atom. The van der Waals surface area contributed by atoms with Crippen molar-refractivity contribution in [1.82, 2.24) is 19.6 Å². The lowest BCUT2D eigenvalue weighted by molar-refractivity contribution is 0.801. The predicted molar refractivity (Wildman–Crippen MR) is 95.5 cm³/mol. The normalized spacial score (nSPS) is 10.8. The van der Waals surface area contributed by atoms with E-state index in [-0.39, 0.29) is 0 Å². The number of nitrogen functional groups attached to an aromatic ring is 1. The third kappa shape index (κ3) is 3.02. The van der Waals surface area contributed by atoms with Crippen LogP contribution in [0.2, 0.25) is 0 Å². The van der Waals surface area contributed by atoms with Crippen LogP contribution in [-0.4, -0.2) is 19.6 Å². The molecule has 24 heavy (non-hydrogen) atoms. The standard InChI is InChI=1S/C17H14N6S/c18-12-6-8-13(9-7-12)24-17-21-16(14-4-3-11-23(14)22-17)20-15-5-1-2-10-19-15/h1-11H,18H2,(H,19,20,21,22). The van der Waals surface area contributed by atoms with Crippen molar-refractivity contribution in [1.29, 1.82) is 0 Å². The first-order valence-corrected chi connectivity index (χ1v) is 8.16. The third-order valence-corrected chi connectivity index (χ3v) is 4.24. The highest BCUT2D eigenvalue weighted by Crippen LogP contribution is 2.28. The molecule has 0 aliphatic heterocycles. The summed E-state index contributed by atoms with van der Waals surface area (Å²) in [5.74, 6) is 1.45. The first-order chi connectivity index (χ1) is 11.8. The number of fused-ring (bicyclic) bond motifs is 1. The fourth-order valence-electron chi connectivity index (χ4n) is 2.25. The minimum Gasteiger partial charge on any atom is -0.399 e. The van der Waals surface area contributed by atoms with E-state index in [1.807, 2.05) is 60.8 Å². The number of nitrogens with two attached hydrogens (primary N) is 1. The van der Waals surface area contributed by atoms with Gasteiger partial charge in [0.1, 0.15) is 11.3 Å². The van der Waals surface area contributed by atoms with Crippen molar-refractivity contribution in [3.05, 3.63) is 67.0 Å². The molecule has 118 valence electrons. The van der Waals surface area contributed by atoms with Crippen LogP contribution in [0.15, 0.2) is 77.0 Å². The summed E-state index contributed by atoms with van der Waals surface area (Å²) in [6.45, 7) is 0. The summed E-state index contributed by atoms with van der Waals surface area (Å²) in [7, 11) is 0. The Kier molecular flexibility index (Phi) is 3.76. The second-order valence-electron chi connectivity index (χ2n) is 5.09. The van der Waals surface area contributed by atoms with Gasteiger partial charge < -0.3 is 11.1 Å². The SMILES string of the molecule is Nc1ccc(Sc2nc(Nc3ccccn3)c3cccn3n2)cc1. The number of pyridine rings is 1. The average molecular weight is 334 g/mol. The van der Waals surface area contributed by atoms with Crippen molar-refractivity contribution in [3.8, 4) is 0 Å². The molecule has 0 aliphatic rings. The maximum Gasteiger partial charge on any atom is 0.214 e. The lowest BCUT2D eigenvalue weighted by atomic mass is 10.3. The summed E-state index contributed by atoms with van der Waals surface area (Å²) < 4.78 is 1.80. The molecule has 0 aliphatic carbocycles. The first-order valence-electron chi connectivity index (χ1n) is 7.35. The van der Waals surface area contributed by atoms with Gasteiger partial charge >= 0.3 is 0 Å². The lowest BCUT2D eigenvalue weighted by Gasteiger charge is -2.09. The summed E-state index contributed by atoms with van der Waals surface area (Å²) in [5, 5.41) is 8.42. The fourth-order valence-corrected chi connectivity index (χ4v) is 3.00. The Hall–Kier alpha value is -3.06. The molecule has 7 heteroatoms. The first kappa shape index (κ1) is 14.5. The minimum atomic E-state index is 0.641. The summed E-state index contributed by atoms with van der Waals surface area (Å²) >= 11 is 1.48. The van der Waals surface area contributed by atoms with Crippen LogP contribution in [0.5, 0.6) is 0 Å². The van der Waals surface area contributed by atoms with Crippen molar-refractivity contribution < 1.29 is 0 Å². The van der Waals surface area contributed by atoms with E-state index in [0.29, 0.717) is 11.0 Å². The van der Waals surface area contributed by atoms with Crippen LogP contribution >= 0.6 is 11.8 Å². The molecular formula is C17H14N6S. The van der Waals surface area contributed by atoms with Crippen LogP contribution in [0.1, 0.15) is 0 Å². The van der Waals surface area contributed by atoms with Crippen LogP contribution in [0.4, 0.5) is 17.3 Å². The second-order valence-corrected chi connectivity index (χ2v) is 6.13. The van der Waals surface area contributed by atoms with Gasteiger partial charge in [0.2, 0.25) is 5.16 Å². The Bertz CT molecular complexity index is 965. The van der Waals surface area contributed by atoms with E-state index in [9.17, 15) is 0 Å². The highest BCUT2D eigenvalue weighted by Gasteiger charge is 2.10. The van der Waals surface area contributed by atoms with E-state index in [0.717, 1.165) is 21.9 Å². The molecule has 3 heterocycles. The molecule has 4 rings (SSSR count). The molecule has 4 aromatic rings. The topological polar surface area (TPSA) is 81.1 Å². The molecule has 0 amide bonds. The van der Waals surface area contributed by atoms with Crippen molar-refractivity contribution in [3.63, 3.8) is 0 Å². The van der Waals surface area contributed by atoms with Crippen LogP contribution in [0, 0.1) is 0 Å². The van der Waals surface area contributed by atoms with Crippen LogP contribution < -0.4 is 11.1 Å². The predicted octanol–water partition coefficient (Wildman–Crippen LogP) is 3.60. The molecule has 0 unspecified atom stereocenters. The van der Waals surface area contributed by atoms with Gasteiger partial charge in [0.25, 0.3) is 0 Å². The monoisotopic (exact) mass is 334 g/mol. The summed E-state index contributed by atoms with van der Waals surface area (Å²) in [5.41, 5.74) is 7.35. The number of anilines is 3. The number of nitrogens with one attached hydrogen (secondary N) is 1. The van der Waals surface area contributed by atoms with Crippen molar-refractivity contribution in [2.24, 2.45) is 0 Å². The molecule has 0 saturated carbocycles. The number of hydrogen-bond acceptors (Lipinski definition) is 6. The molecule has 0 fully saturated rings. The molecular weight excluding hydrogens is 320 g/mol. The van der Waals surface area contributed by atoms with Gasteiger partial charge in [-0.1, -0.05) is 6.07 Å². The Morgan fingerprint density at radius 1 is 1.00 bits per heavy atom. The molecule has 1 aromatic carbocycles. The van der Waals surface area contributed by atoms with E-state index in [2.05, 4.69) is 20.4 Å². The zero-order valence-corrected chi connectivity index (χ0v) is 13.4. The van der Waals surface area contributed by atoms with E-state index in [4.69, 9.17) is 5.73 Å². The van der Waals surface area contributed by atoms with E-state index in [1.165, 1.54) is 11.8 Å². The van der Waals surface area contributed by atoms with Gasteiger partial charge in [-0.2, -0.15) is 0 Å². The van der Waals surface area contributed by atoms with Gasteiger partial charge in [0.05, 0.1) is 0 Å². The van der Waals surface area contributed by atoms with E-state index in [1.54, 1.807) is 10.7 Å². The molecule has 3 aromatic heterocycles. The highest BCUT2D eigenvalue weighted by molar-refractivity contribution is 7.99. The van der Waals surface area contributed by atoms with E-state index >= 15 is 0 Å². The molecule has 0 spiro atoms. The van der Waals surface area contributed by atoms with Gasteiger partial charge in [0, 0.05) is 23.0 Å². The number of hydrogen-bond donors (Lipinski definition) is 2. The summed E-state index contributed by atoms with van der Waals surface area (Å²) in [4.78, 5) is 9.95. The molecule has 0 bridgehead atoms. The summed E-state index contributed by atoms with van der Waals surface area (Å²) in [6.07, 6.45) is 3.64. The number of benzene rings is 1. The zero-order chi connectivity index (χ0) is 16.4. The fraction of sp³-hybridized carbons (Fsp3) is 0. The minimum absolute atomic E-state index is 0.641. The molecule has 0 atom stereocenters. The largest absolute Gasteiger partial charge is 0.399 e. The molecule has 0 saturated heterocycles. The number of nitrogens with zero attached hydrogens (tertiary/aromatic N) is 4. The number of aromatic nitrogens is 4. The molecule has 0 radical (unpaired) electrons. The second kappa shape index (κ2) is 6.21. The van der Waals surface area contributed by atoms with Crippen LogP contribution in [0.25, 0.3) is 5.52 Å². The van der Waals surface area contributed by atoms with Gasteiger partial charge in [-0.15, -0.1) is 5.10 Å². The van der Waals surface area contributed by atoms with Crippen molar-refractivity contribution in [2.45, 2.75) is 10.1 Å². The van der Waals surface area contributed by atoms with E-state index < -0.39 is 0 Å². The van der Waals surface area contributed by atoms with Crippen LogP contribution in [-0.2, 0) is 0 Å². The maximum absolute atomic E-state index is 5.73. The average Bonchev–Trinajstić information content (AvgIpc) is 3.07. The summed E-state index contributed by atoms with van der Waals surface area (Å²) in [6, 6.07) is 17.2. The Labute approximate surface area is 142 Å². The Morgan fingerprint density at radius 3 is 2.67 bits per heavy atom. The van der Waals surface area contributed by atoms with Gasteiger partial charge in [-0.3, -0.25) is 0 Å². The van der Waals surface area contributed by atoms with Gasteiger partial charge in [-0.25, -0.2) is 14.5 Å². The van der Waals surface area contributed by atoms with Crippen LogP contribution in [0.3, 0.4) is 0 Å². The molecule has 6 nitrogen and oxygen atoms in total. The maximum atomic E-state index is 5.73. The van der Waals surface area contributed by atoms with Crippen molar-refractivity contribution >= 4 is 34.6 Å². The van der Waals surface area contributed by atoms with Crippen molar-refractivity contribution in [2.75, 3.05) is 11.1 Å². The number of rotatable bonds is 4. The smallest absolute Gasteiger partial charge is 0.214 e. The third-order valence-electron chi connectivity index (χ3n) is 3.37. The Balaban J connectivity index is 1.70. The highest BCUT2D eigenvalue weighted by atomic mass is 32.2. The van der Waals surface area contributed by atoms with Gasteiger partial charge in [-0.05, 0) is 60.3 Å². The zero-order valence-electron chi connectivity index (χ0n) is 12.6. The van der Waals surface area contributed by atoms with Gasteiger partial charge in [0.15, 0.2) is 5.82 Å².